The molecule has 0 spiro atoms. The average Bonchev–Trinajstić information content (AvgIpc) is 3.29. The third kappa shape index (κ3) is 3.84. The summed E-state index contributed by atoms with van der Waals surface area (Å²) in [6, 6.07) is 28.8. The summed E-state index contributed by atoms with van der Waals surface area (Å²) < 4.78 is 0. The first-order chi connectivity index (χ1) is 16.7. The molecule has 3 aromatic carbocycles. The van der Waals surface area contributed by atoms with Crippen molar-refractivity contribution in [3.8, 4) is 0 Å². The van der Waals surface area contributed by atoms with Gasteiger partial charge in [0.1, 0.15) is 0 Å². The third-order valence-electron chi connectivity index (χ3n) is 6.92. The number of hydrogen-bond donors (Lipinski definition) is 0. The first-order valence-corrected chi connectivity index (χ1v) is 12.9. The van der Waals surface area contributed by atoms with Gasteiger partial charge in [0.15, 0.2) is 5.17 Å². The molecule has 0 radical (unpaired) electrons. The Kier molecular flexibility index (Phi) is 5.50. The summed E-state index contributed by atoms with van der Waals surface area (Å²) in [5.74, 6) is 0. The van der Waals surface area contributed by atoms with Gasteiger partial charge in [-0.05, 0) is 67.0 Å². The molecule has 2 aliphatic heterocycles. The molecule has 2 nitrogen and oxygen atoms in total. The van der Waals surface area contributed by atoms with Gasteiger partial charge in [-0.15, -0.1) is 0 Å². The predicted molar refractivity (Wildman–Crippen MR) is 145 cm³/mol. The number of thioether (sulfide) groups is 1. The van der Waals surface area contributed by atoms with Crippen LogP contribution in [0.4, 0.5) is 0 Å². The number of rotatable bonds is 3. The van der Waals surface area contributed by atoms with Crippen molar-refractivity contribution in [1.82, 2.24) is 4.90 Å². The van der Waals surface area contributed by atoms with E-state index in [1.54, 1.807) is 11.8 Å². The summed E-state index contributed by atoms with van der Waals surface area (Å²) in [5, 5.41) is 3.36. The van der Waals surface area contributed by atoms with Crippen molar-refractivity contribution < 1.29 is 0 Å². The molecule has 0 saturated carbocycles. The van der Waals surface area contributed by atoms with Crippen LogP contribution in [0.5, 0.6) is 0 Å². The number of amidine groups is 1. The van der Waals surface area contributed by atoms with E-state index in [0.717, 1.165) is 24.4 Å². The highest BCUT2D eigenvalue weighted by atomic mass is 32.2. The van der Waals surface area contributed by atoms with E-state index in [-0.39, 0.29) is 6.04 Å². The van der Waals surface area contributed by atoms with Gasteiger partial charge in [-0.1, -0.05) is 102 Å². The van der Waals surface area contributed by atoms with Gasteiger partial charge < -0.3 is 4.90 Å². The fraction of sp³-hybridized carbons (Fsp3) is 0.194. The van der Waals surface area contributed by atoms with Gasteiger partial charge in [-0.3, -0.25) is 0 Å². The lowest BCUT2D eigenvalue weighted by Crippen LogP contribution is -2.34. The third-order valence-corrected chi connectivity index (χ3v) is 7.76. The Morgan fingerprint density at radius 1 is 0.853 bits per heavy atom. The zero-order chi connectivity index (χ0) is 23.1. The second-order valence-corrected chi connectivity index (χ2v) is 10.2. The molecule has 0 bridgehead atoms. The van der Waals surface area contributed by atoms with Crippen LogP contribution < -0.4 is 0 Å². The van der Waals surface area contributed by atoms with Crippen LogP contribution in [-0.4, -0.2) is 10.1 Å². The molecular weight excluding hydrogens is 432 g/mol. The quantitative estimate of drug-likeness (QED) is 0.391. The van der Waals surface area contributed by atoms with Gasteiger partial charge in [-0.2, -0.15) is 0 Å². The summed E-state index contributed by atoms with van der Waals surface area (Å²) in [6.07, 6.45) is 5.67. The molecule has 0 aromatic heterocycles. The van der Waals surface area contributed by atoms with Crippen molar-refractivity contribution in [2.75, 3.05) is 0 Å². The lowest BCUT2D eigenvalue weighted by atomic mass is 9.82. The maximum Gasteiger partial charge on any atom is 0.174 e. The number of fused-ring (bicyclic) bond motifs is 1. The van der Waals surface area contributed by atoms with Gasteiger partial charge in [0.25, 0.3) is 0 Å². The predicted octanol–water partition coefficient (Wildman–Crippen LogP) is 8.28. The molecule has 2 heterocycles. The van der Waals surface area contributed by atoms with Gasteiger partial charge in [0.2, 0.25) is 0 Å². The molecule has 0 unspecified atom stereocenters. The van der Waals surface area contributed by atoms with Crippen LogP contribution in [0.3, 0.4) is 0 Å². The lowest BCUT2D eigenvalue weighted by Gasteiger charge is -2.40. The number of nitrogens with zero attached hydrogens (tertiary/aromatic N) is 2. The van der Waals surface area contributed by atoms with Crippen LogP contribution in [0.1, 0.15) is 53.1 Å². The first kappa shape index (κ1) is 21.2. The van der Waals surface area contributed by atoms with Crippen molar-refractivity contribution >= 4 is 28.7 Å². The van der Waals surface area contributed by atoms with E-state index in [1.165, 1.54) is 50.4 Å². The van der Waals surface area contributed by atoms with Gasteiger partial charge in [0.05, 0.1) is 17.4 Å². The van der Waals surface area contributed by atoms with Gasteiger partial charge >= 0.3 is 0 Å². The van der Waals surface area contributed by atoms with E-state index in [2.05, 4.69) is 109 Å². The zero-order valence-corrected chi connectivity index (χ0v) is 20.5. The second kappa shape index (κ2) is 8.81. The van der Waals surface area contributed by atoms with Gasteiger partial charge in [-0.25, -0.2) is 4.99 Å². The molecular formula is C31H28N2S. The smallest absolute Gasteiger partial charge is 0.174 e. The Morgan fingerprint density at radius 2 is 1.56 bits per heavy atom. The SMILES string of the molecule is Cc1ccc(/C=C2\CCCC3=C2N=C2SC=C(c4ccccc4)N2[C@H]3c2ccc(C)cc2)cc1. The molecule has 3 aromatic rings. The Hall–Kier alpha value is -3.30. The Morgan fingerprint density at radius 3 is 2.29 bits per heavy atom. The Balaban J connectivity index is 1.49. The number of allylic oxidation sites excluding steroid dienone is 1. The summed E-state index contributed by atoms with van der Waals surface area (Å²) in [4.78, 5) is 7.77. The normalized spacial score (nSPS) is 20.7. The van der Waals surface area contributed by atoms with Crippen LogP contribution in [-0.2, 0) is 0 Å². The van der Waals surface area contributed by atoms with Crippen LogP contribution >= 0.6 is 11.8 Å². The minimum absolute atomic E-state index is 0.172. The second-order valence-electron chi connectivity index (χ2n) is 9.37. The number of benzene rings is 3. The molecule has 0 N–H and O–H groups in total. The lowest BCUT2D eigenvalue weighted by molar-refractivity contribution is 0.458. The fourth-order valence-corrected chi connectivity index (χ4v) is 6.08. The molecule has 168 valence electrons. The molecule has 1 atom stereocenters. The Labute approximate surface area is 206 Å². The molecule has 0 saturated heterocycles. The van der Waals surface area contributed by atoms with Crippen LogP contribution in [0.15, 0.2) is 106 Å². The topological polar surface area (TPSA) is 15.6 Å². The standard InChI is InChI=1S/C31H28N2S/c1-21-11-15-23(16-12-21)19-26-9-6-10-27-29(26)32-31-33(30(27)25-17-13-22(2)14-18-25)28(20-34-31)24-7-4-3-5-8-24/h3-5,7-8,11-20,30H,6,9-10H2,1-2H3/b26-19+/t30-/m0/s1. The van der Waals surface area contributed by atoms with E-state index in [1.807, 2.05) is 0 Å². The molecule has 6 rings (SSSR count). The van der Waals surface area contributed by atoms with E-state index in [4.69, 9.17) is 4.99 Å². The molecule has 0 fully saturated rings. The largest absolute Gasteiger partial charge is 0.308 e. The maximum absolute atomic E-state index is 5.29. The van der Waals surface area contributed by atoms with E-state index in [0.29, 0.717) is 0 Å². The maximum atomic E-state index is 5.29. The first-order valence-electron chi connectivity index (χ1n) is 12.0. The highest BCUT2D eigenvalue weighted by Gasteiger charge is 2.40. The van der Waals surface area contributed by atoms with E-state index < -0.39 is 0 Å². The van der Waals surface area contributed by atoms with Crippen molar-refractivity contribution in [1.29, 1.82) is 0 Å². The number of aliphatic imine (C=N–C) groups is 1. The molecule has 0 amide bonds. The molecule has 3 heteroatoms. The van der Waals surface area contributed by atoms with Gasteiger partial charge in [0, 0.05) is 5.41 Å². The van der Waals surface area contributed by atoms with Crippen LogP contribution in [0.25, 0.3) is 11.8 Å². The number of aryl methyl sites for hydroxylation is 2. The highest BCUT2D eigenvalue weighted by molar-refractivity contribution is 8.16. The summed E-state index contributed by atoms with van der Waals surface area (Å²) >= 11 is 1.75. The summed E-state index contributed by atoms with van der Waals surface area (Å²) in [6.45, 7) is 4.30. The monoisotopic (exact) mass is 460 g/mol. The number of hydrogen-bond acceptors (Lipinski definition) is 3. The highest BCUT2D eigenvalue weighted by Crippen LogP contribution is 2.51. The fourth-order valence-electron chi connectivity index (χ4n) is 5.15. The summed E-state index contributed by atoms with van der Waals surface area (Å²) in [5.41, 5.74) is 11.7. The van der Waals surface area contributed by atoms with E-state index in [9.17, 15) is 0 Å². The minimum atomic E-state index is 0.172. The van der Waals surface area contributed by atoms with Crippen LogP contribution in [0.2, 0.25) is 0 Å². The minimum Gasteiger partial charge on any atom is -0.308 e. The summed E-state index contributed by atoms with van der Waals surface area (Å²) in [7, 11) is 0. The zero-order valence-electron chi connectivity index (χ0n) is 19.7. The molecule has 3 aliphatic rings. The van der Waals surface area contributed by atoms with Crippen molar-refractivity contribution in [2.45, 2.75) is 39.2 Å². The van der Waals surface area contributed by atoms with Crippen LogP contribution in [0, 0.1) is 13.8 Å². The Bertz CT molecular complexity index is 1340. The molecule has 34 heavy (non-hydrogen) atoms. The van der Waals surface area contributed by atoms with Crippen molar-refractivity contribution in [3.05, 3.63) is 129 Å². The molecule has 1 aliphatic carbocycles. The average molecular weight is 461 g/mol. The van der Waals surface area contributed by atoms with Crippen molar-refractivity contribution in [3.63, 3.8) is 0 Å². The van der Waals surface area contributed by atoms with E-state index >= 15 is 0 Å². The van der Waals surface area contributed by atoms with Crippen molar-refractivity contribution in [2.24, 2.45) is 4.99 Å².